The highest BCUT2D eigenvalue weighted by molar-refractivity contribution is 5.04. The highest BCUT2D eigenvalue weighted by Crippen LogP contribution is 2.51. The topological polar surface area (TPSA) is 12.0 Å². The molecule has 3 atom stereocenters. The van der Waals surface area contributed by atoms with Gasteiger partial charge in [-0.2, -0.15) is 0 Å². The summed E-state index contributed by atoms with van der Waals surface area (Å²) in [6.45, 7) is 2.33. The van der Waals surface area contributed by atoms with Crippen LogP contribution in [0.5, 0.6) is 0 Å². The van der Waals surface area contributed by atoms with Crippen LogP contribution in [0.3, 0.4) is 0 Å². The predicted octanol–water partition coefficient (Wildman–Crippen LogP) is 2.17. The van der Waals surface area contributed by atoms with Gasteiger partial charge in [-0.15, -0.1) is 0 Å². The standard InChI is InChI=1S/C10H19N/c1-3-10(11-2)7-8-4-5-9(10)6-8/h8-9,11H,3-7H2,1-2H3. The summed E-state index contributed by atoms with van der Waals surface area (Å²) >= 11 is 0. The van der Waals surface area contributed by atoms with Crippen LogP contribution in [-0.2, 0) is 0 Å². The van der Waals surface area contributed by atoms with E-state index in [1.807, 2.05) is 0 Å². The first-order valence-corrected chi connectivity index (χ1v) is 4.99. The van der Waals surface area contributed by atoms with Crippen LogP contribution in [0.1, 0.15) is 39.0 Å². The van der Waals surface area contributed by atoms with E-state index in [9.17, 15) is 0 Å². The molecular weight excluding hydrogens is 134 g/mol. The maximum atomic E-state index is 3.56. The van der Waals surface area contributed by atoms with Crippen molar-refractivity contribution in [2.45, 2.75) is 44.6 Å². The molecule has 0 saturated heterocycles. The minimum absolute atomic E-state index is 0.545. The lowest BCUT2D eigenvalue weighted by Crippen LogP contribution is -2.46. The van der Waals surface area contributed by atoms with Gasteiger partial charge in [0.25, 0.3) is 0 Å². The van der Waals surface area contributed by atoms with Crippen molar-refractivity contribution in [3.8, 4) is 0 Å². The van der Waals surface area contributed by atoms with Gasteiger partial charge in [-0.1, -0.05) is 13.3 Å². The molecule has 2 aliphatic rings. The highest BCUT2D eigenvalue weighted by atomic mass is 15.0. The van der Waals surface area contributed by atoms with Gasteiger partial charge in [0.1, 0.15) is 0 Å². The summed E-state index contributed by atoms with van der Waals surface area (Å²) in [5.74, 6) is 2.06. The average Bonchev–Trinajstić information content (AvgIpc) is 2.62. The largest absolute Gasteiger partial charge is 0.314 e. The zero-order valence-electron chi connectivity index (χ0n) is 7.69. The van der Waals surface area contributed by atoms with Crippen LogP contribution in [0.2, 0.25) is 0 Å². The van der Waals surface area contributed by atoms with Gasteiger partial charge in [-0.25, -0.2) is 0 Å². The maximum absolute atomic E-state index is 3.56. The first-order chi connectivity index (χ1) is 5.30. The number of fused-ring (bicyclic) bond motifs is 2. The molecule has 2 rings (SSSR count). The van der Waals surface area contributed by atoms with E-state index in [0.29, 0.717) is 5.54 Å². The van der Waals surface area contributed by atoms with Crippen LogP contribution in [0.15, 0.2) is 0 Å². The molecule has 3 unspecified atom stereocenters. The monoisotopic (exact) mass is 153 g/mol. The van der Waals surface area contributed by atoms with Crippen molar-refractivity contribution < 1.29 is 0 Å². The van der Waals surface area contributed by atoms with Gasteiger partial charge in [0.05, 0.1) is 0 Å². The van der Waals surface area contributed by atoms with E-state index in [0.717, 1.165) is 11.8 Å². The summed E-state index contributed by atoms with van der Waals surface area (Å²) in [7, 11) is 2.14. The van der Waals surface area contributed by atoms with E-state index in [4.69, 9.17) is 0 Å². The fourth-order valence-electron chi connectivity index (χ4n) is 3.36. The van der Waals surface area contributed by atoms with Crippen LogP contribution in [0.4, 0.5) is 0 Å². The van der Waals surface area contributed by atoms with Crippen LogP contribution < -0.4 is 5.32 Å². The molecule has 0 heterocycles. The molecule has 0 aromatic carbocycles. The van der Waals surface area contributed by atoms with E-state index in [2.05, 4.69) is 19.3 Å². The molecule has 0 aliphatic heterocycles. The summed E-state index contributed by atoms with van der Waals surface area (Å²) in [6.07, 6.45) is 7.28. The van der Waals surface area contributed by atoms with Crippen molar-refractivity contribution in [1.29, 1.82) is 0 Å². The van der Waals surface area contributed by atoms with Crippen molar-refractivity contribution in [2.75, 3.05) is 7.05 Å². The Bertz CT molecular complexity index is 149. The van der Waals surface area contributed by atoms with E-state index < -0.39 is 0 Å². The Kier molecular flexibility index (Phi) is 1.71. The summed E-state index contributed by atoms with van der Waals surface area (Å²) in [5.41, 5.74) is 0.545. The predicted molar refractivity (Wildman–Crippen MR) is 47.5 cm³/mol. The number of rotatable bonds is 2. The average molecular weight is 153 g/mol. The van der Waals surface area contributed by atoms with Crippen molar-refractivity contribution in [3.63, 3.8) is 0 Å². The summed E-state index contributed by atoms with van der Waals surface area (Å²) in [4.78, 5) is 0. The lowest BCUT2D eigenvalue weighted by atomic mass is 9.79. The Balaban J connectivity index is 2.14. The molecule has 1 heteroatoms. The molecule has 64 valence electrons. The minimum Gasteiger partial charge on any atom is -0.314 e. The normalized spacial score (nSPS) is 48.5. The van der Waals surface area contributed by atoms with Crippen molar-refractivity contribution in [1.82, 2.24) is 5.32 Å². The molecule has 1 nitrogen and oxygen atoms in total. The highest BCUT2D eigenvalue weighted by Gasteiger charge is 2.48. The van der Waals surface area contributed by atoms with Crippen LogP contribution >= 0.6 is 0 Å². The Morgan fingerprint density at radius 3 is 2.55 bits per heavy atom. The molecule has 0 amide bonds. The summed E-state index contributed by atoms with van der Waals surface area (Å²) < 4.78 is 0. The van der Waals surface area contributed by atoms with Gasteiger partial charge in [-0.3, -0.25) is 0 Å². The van der Waals surface area contributed by atoms with Crippen molar-refractivity contribution in [3.05, 3.63) is 0 Å². The minimum atomic E-state index is 0.545. The Hall–Kier alpha value is -0.0400. The fourth-order valence-corrected chi connectivity index (χ4v) is 3.36. The van der Waals surface area contributed by atoms with Gasteiger partial charge < -0.3 is 5.32 Å². The van der Waals surface area contributed by atoms with Gasteiger partial charge in [0.2, 0.25) is 0 Å². The zero-order chi connectivity index (χ0) is 7.90. The Labute approximate surface area is 69.6 Å². The SMILES string of the molecule is CCC1(NC)CC2CCC1C2. The zero-order valence-corrected chi connectivity index (χ0v) is 7.69. The summed E-state index contributed by atoms with van der Waals surface area (Å²) in [6, 6.07) is 0. The second-order valence-corrected chi connectivity index (χ2v) is 4.34. The van der Waals surface area contributed by atoms with E-state index in [1.165, 1.54) is 32.1 Å². The Morgan fingerprint density at radius 1 is 1.45 bits per heavy atom. The van der Waals surface area contributed by atoms with E-state index in [-0.39, 0.29) is 0 Å². The fraction of sp³-hybridized carbons (Fsp3) is 1.00. The number of hydrogen-bond donors (Lipinski definition) is 1. The smallest absolute Gasteiger partial charge is 0.0206 e. The summed E-state index contributed by atoms with van der Waals surface area (Å²) in [5, 5.41) is 3.56. The first kappa shape index (κ1) is 7.60. The van der Waals surface area contributed by atoms with Crippen molar-refractivity contribution >= 4 is 0 Å². The molecule has 2 aliphatic carbocycles. The quantitative estimate of drug-likeness (QED) is 0.641. The lowest BCUT2D eigenvalue weighted by Gasteiger charge is -2.36. The third-order valence-corrected chi connectivity index (χ3v) is 4.10. The molecule has 0 spiro atoms. The second-order valence-electron chi connectivity index (χ2n) is 4.34. The van der Waals surface area contributed by atoms with E-state index in [1.54, 1.807) is 0 Å². The van der Waals surface area contributed by atoms with Gasteiger partial charge >= 0.3 is 0 Å². The number of nitrogens with one attached hydrogen (secondary N) is 1. The van der Waals surface area contributed by atoms with Gasteiger partial charge in [-0.05, 0) is 44.6 Å². The third-order valence-electron chi connectivity index (χ3n) is 4.10. The Morgan fingerprint density at radius 2 is 2.27 bits per heavy atom. The van der Waals surface area contributed by atoms with Crippen LogP contribution in [0, 0.1) is 11.8 Å². The maximum Gasteiger partial charge on any atom is 0.0206 e. The second kappa shape index (κ2) is 2.48. The molecule has 11 heavy (non-hydrogen) atoms. The van der Waals surface area contributed by atoms with Crippen molar-refractivity contribution in [2.24, 2.45) is 11.8 Å². The molecule has 0 aromatic heterocycles. The molecule has 0 aromatic rings. The molecule has 0 radical (unpaired) electrons. The molecule has 2 bridgehead atoms. The number of hydrogen-bond acceptors (Lipinski definition) is 1. The molecule has 1 N–H and O–H groups in total. The van der Waals surface area contributed by atoms with E-state index >= 15 is 0 Å². The first-order valence-electron chi connectivity index (χ1n) is 4.99. The van der Waals surface area contributed by atoms with Gasteiger partial charge in [0.15, 0.2) is 0 Å². The lowest BCUT2D eigenvalue weighted by molar-refractivity contribution is 0.215. The third kappa shape index (κ3) is 0.936. The van der Waals surface area contributed by atoms with Gasteiger partial charge in [0, 0.05) is 5.54 Å². The van der Waals surface area contributed by atoms with Crippen LogP contribution in [-0.4, -0.2) is 12.6 Å². The molecular formula is C10H19N. The molecule has 2 fully saturated rings. The molecule has 2 saturated carbocycles. The van der Waals surface area contributed by atoms with Crippen LogP contribution in [0.25, 0.3) is 0 Å².